The molecule has 1 unspecified atom stereocenters. The fourth-order valence-electron chi connectivity index (χ4n) is 2.15. The lowest BCUT2D eigenvalue weighted by atomic mass is 10.00. The van der Waals surface area contributed by atoms with Gasteiger partial charge in [0.2, 0.25) is 0 Å². The maximum absolute atomic E-state index is 5.71. The zero-order chi connectivity index (χ0) is 14.1. The van der Waals surface area contributed by atoms with E-state index in [2.05, 4.69) is 50.4 Å². The van der Waals surface area contributed by atoms with Crippen LogP contribution in [0.2, 0.25) is 0 Å². The molecule has 108 valence electrons. The second-order valence-electron chi connectivity index (χ2n) is 5.79. The van der Waals surface area contributed by atoms with Crippen molar-refractivity contribution in [3.63, 3.8) is 0 Å². The summed E-state index contributed by atoms with van der Waals surface area (Å²) in [6.07, 6.45) is 2.41. The van der Waals surface area contributed by atoms with Crippen LogP contribution >= 0.6 is 0 Å². The summed E-state index contributed by atoms with van der Waals surface area (Å²) in [6.45, 7) is 9.38. The van der Waals surface area contributed by atoms with Crippen molar-refractivity contribution in [2.75, 3.05) is 20.2 Å². The Labute approximate surface area is 118 Å². The average molecular weight is 263 g/mol. The molecule has 2 nitrogen and oxygen atoms in total. The zero-order valence-corrected chi connectivity index (χ0v) is 12.9. The fraction of sp³-hybridized carbons (Fsp3) is 0.647. The van der Waals surface area contributed by atoms with Crippen LogP contribution in [0, 0.1) is 5.92 Å². The van der Waals surface area contributed by atoms with Gasteiger partial charge in [-0.05, 0) is 42.9 Å². The van der Waals surface area contributed by atoms with Gasteiger partial charge >= 0.3 is 0 Å². The fourth-order valence-corrected chi connectivity index (χ4v) is 2.15. The summed E-state index contributed by atoms with van der Waals surface area (Å²) in [5.74, 6) is 1.34. The average Bonchev–Trinajstić information content (AvgIpc) is 2.39. The molecule has 0 aliphatic heterocycles. The maximum atomic E-state index is 5.71. The largest absolute Gasteiger partial charge is 0.377 e. The summed E-state index contributed by atoms with van der Waals surface area (Å²) in [7, 11) is 2.00. The summed E-state index contributed by atoms with van der Waals surface area (Å²) < 4.78 is 5.71. The minimum Gasteiger partial charge on any atom is -0.377 e. The van der Waals surface area contributed by atoms with Gasteiger partial charge in [-0.1, -0.05) is 45.0 Å². The Kier molecular flexibility index (Phi) is 7.76. The van der Waals surface area contributed by atoms with Gasteiger partial charge in [0.15, 0.2) is 0 Å². The van der Waals surface area contributed by atoms with E-state index < -0.39 is 0 Å². The Morgan fingerprint density at radius 2 is 1.79 bits per heavy atom. The van der Waals surface area contributed by atoms with Gasteiger partial charge < -0.3 is 10.1 Å². The highest BCUT2D eigenvalue weighted by atomic mass is 16.5. The van der Waals surface area contributed by atoms with Crippen molar-refractivity contribution in [3.05, 3.63) is 35.4 Å². The summed E-state index contributed by atoms with van der Waals surface area (Å²) in [4.78, 5) is 0. The summed E-state index contributed by atoms with van der Waals surface area (Å²) >= 11 is 0. The first kappa shape index (κ1) is 16.2. The summed E-state index contributed by atoms with van der Waals surface area (Å²) in [6, 6.07) is 8.80. The molecule has 19 heavy (non-hydrogen) atoms. The lowest BCUT2D eigenvalue weighted by Crippen LogP contribution is -2.14. The third-order valence-corrected chi connectivity index (χ3v) is 3.40. The number of hydrogen-bond acceptors (Lipinski definition) is 2. The van der Waals surface area contributed by atoms with Crippen LogP contribution < -0.4 is 5.32 Å². The number of benzene rings is 1. The molecule has 1 rings (SSSR count). The van der Waals surface area contributed by atoms with E-state index in [0.717, 1.165) is 32.1 Å². The highest BCUT2D eigenvalue weighted by Gasteiger charge is 2.03. The molecule has 0 aromatic heterocycles. The molecule has 0 heterocycles. The molecule has 1 atom stereocenters. The molecular formula is C17H29NO. The molecule has 0 aliphatic rings. The third kappa shape index (κ3) is 6.74. The standard InChI is InChI=1S/C17H29NO/c1-14(2)6-5-11-19-13-16-7-9-17(10-8-16)15(3)12-18-4/h7-10,14-15,18H,5-6,11-13H2,1-4H3. The van der Waals surface area contributed by atoms with Crippen molar-refractivity contribution in [2.24, 2.45) is 5.92 Å². The lowest BCUT2D eigenvalue weighted by molar-refractivity contribution is 0.115. The molecule has 0 spiro atoms. The molecule has 1 aromatic rings. The van der Waals surface area contributed by atoms with Crippen molar-refractivity contribution in [1.82, 2.24) is 5.32 Å². The van der Waals surface area contributed by atoms with E-state index >= 15 is 0 Å². The number of ether oxygens (including phenoxy) is 1. The van der Waals surface area contributed by atoms with Crippen molar-refractivity contribution >= 4 is 0 Å². The highest BCUT2D eigenvalue weighted by Crippen LogP contribution is 2.15. The van der Waals surface area contributed by atoms with E-state index in [0.29, 0.717) is 5.92 Å². The molecule has 1 aromatic carbocycles. The van der Waals surface area contributed by atoms with E-state index in [1.165, 1.54) is 17.5 Å². The third-order valence-electron chi connectivity index (χ3n) is 3.40. The van der Waals surface area contributed by atoms with E-state index in [9.17, 15) is 0 Å². The molecule has 0 saturated carbocycles. The van der Waals surface area contributed by atoms with E-state index in [4.69, 9.17) is 4.74 Å². The Bertz CT molecular complexity index is 332. The smallest absolute Gasteiger partial charge is 0.0716 e. The quantitative estimate of drug-likeness (QED) is 0.681. The molecule has 1 N–H and O–H groups in total. The van der Waals surface area contributed by atoms with Gasteiger partial charge in [0.1, 0.15) is 0 Å². The van der Waals surface area contributed by atoms with Gasteiger partial charge in [-0.3, -0.25) is 0 Å². The predicted molar refractivity (Wildman–Crippen MR) is 82.5 cm³/mol. The first-order valence-corrected chi connectivity index (χ1v) is 7.44. The number of hydrogen-bond donors (Lipinski definition) is 1. The van der Waals surface area contributed by atoms with E-state index in [-0.39, 0.29) is 0 Å². The van der Waals surface area contributed by atoms with Crippen molar-refractivity contribution in [3.8, 4) is 0 Å². The van der Waals surface area contributed by atoms with Crippen molar-refractivity contribution < 1.29 is 4.74 Å². The first-order chi connectivity index (χ1) is 9.13. The molecule has 0 saturated heterocycles. The summed E-state index contributed by atoms with van der Waals surface area (Å²) in [5, 5.41) is 3.21. The van der Waals surface area contributed by atoms with E-state index in [1.807, 2.05) is 7.05 Å². The molecular weight excluding hydrogens is 234 g/mol. The topological polar surface area (TPSA) is 21.3 Å². The SMILES string of the molecule is CNCC(C)c1ccc(COCCCC(C)C)cc1. The molecule has 0 aliphatic carbocycles. The zero-order valence-electron chi connectivity index (χ0n) is 12.9. The van der Waals surface area contributed by atoms with Gasteiger partial charge in [-0.25, -0.2) is 0 Å². The van der Waals surface area contributed by atoms with Gasteiger partial charge in [-0.2, -0.15) is 0 Å². The molecule has 0 amide bonds. The van der Waals surface area contributed by atoms with Crippen LogP contribution in [0.25, 0.3) is 0 Å². The van der Waals surface area contributed by atoms with Gasteiger partial charge in [-0.15, -0.1) is 0 Å². The molecule has 0 fully saturated rings. The molecule has 0 radical (unpaired) electrons. The van der Waals surface area contributed by atoms with Crippen LogP contribution in [0.15, 0.2) is 24.3 Å². The van der Waals surface area contributed by atoms with Crippen LogP contribution in [0.3, 0.4) is 0 Å². The minimum absolute atomic E-state index is 0.561. The van der Waals surface area contributed by atoms with Crippen LogP contribution in [0.1, 0.15) is 50.7 Å². The molecule has 0 bridgehead atoms. The highest BCUT2D eigenvalue weighted by molar-refractivity contribution is 5.24. The maximum Gasteiger partial charge on any atom is 0.0716 e. The van der Waals surface area contributed by atoms with Gasteiger partial charge in [0.05, 0.1) is 6.61 Å². The van der Waals surface area contributed by atoms with E-state index in [1.54, 1.807) is 0 Å². The van der Waals surface area contributed by atoms with Crippen LogP contribution in [0.5, 0.6) is 0 Å². The van der Waals surface area contributed by atoms with Crippen LogP contribution in [-0.4, -0.2) is 20.2 Å². The van der Waals surface area contributed by atoms with Crippen molar-refractivity contribution in [1.29, 1.82) is 0 Å². The Hall–Kier alpha value is -0.860. The monoisotopic (exact) mass is 263 g/mol. The van der Waals surface area contributed by atoms with Gasteiger partial charge in [0.25, 0.3) is 0 Å². The van der Waals surface area contributed by atoms with Crippen LogP contribution in [-0.2, 0) is 11.3 Å². The lowest BCUT2D eigenvalue weighted by Gasteiger charge is -2.12. The Balaban J connectivity index is 2.28. The Morgan fingerprint density at radius 1 is 1.11 bits per heavy atom. The summed E-state index contributed by atoms with van der Waals surface area (Å²) in [5.41, 5.74) is 2.66. The number of likely N-dealkylation sites (N-methyl/N-ethyl adjacent to an activating group) is 1. The second kappa shape index (κ2) is 9.11. The van der Waals surface area contributed by atoms with Gasteiger partial charge in [0, 0.05) is 13.2 Å². The first-order valence-electron chi connectivity index (χ1n) is 7.44. The Morgan fingerprint density at radius 3 is 2.37 bits per heavy atom. The number of rotatable bonds is 9. The number of nitrogens with one attached hydrogen (secondary N) is 1. The second-order valence-corrected chi connectivity index (χ2v) is 5.79. The molecule has 2 heteroatoms. The van der Waals surface area contributed by atoms with Crippen LogP contribution in [0.4, 0.5) is 0 Å². The normalized spacial score (nSPS) is 12.9. The minimum atomic E-state index is 0.561. The predicted octanol–water partition coefficient (Wildman–Crippen LogP) is 3.96. The van der Waals surface area contributed by atoms with Crippen molar-refractivity contribution in [2.45, 2.75) is 46.1 Å².